The second kappa shape index (κ2) is 5.69. The highest BCUT2D eigenvalue weighted by molar-refractivity contribution is 7.10. The third-order valence-corrected chi connectivity index (χ3v) is 4.59. The molecule has 1 unspecified atom stereocenters. The van der Waals surface area contributed by atoms with Gasteiger partial charge in [-0.2, -0.15) is 0 Å². The smallest absolute Gasteiger partial charge is 0.134 e. The van der Waals surface area contributed by atoms with E-state index >= 15 is 0 Å². The van der Waals surface area contributed by atoms with Crippen LogP contribution in [0.3, 0.4) is 0 Å². The Bertz CT molecular complexity index is 315. The second-order valence-electron chi connectivity index (χ2n) is 4.63. The predicted octanol–water partition coefficient (Wildman–Crippen LogP) is 3.73. The molecule has 0 bridgehead atoms. The summed E-state index contributed by atoms with van der Waals surface area (Å²) in [6, 6.07) is 2.20. The Morgan fingerprint density at radius 3 is 2.62 bits per heavy atom. The maximum absolute atomic E-state index is 6.39. The maximum atomic E-state index is 6.39. The fourth-order valence-electron chi connectivity index (χ4n) is 2.60. The highest BCUT2D eigenvalue weighted by Gasteiger charge is 2.24. The van der Waals surface area contributed by atoms with E-state index in [0.717, 1.165) is 5.75 Å². The maximum Gasteiger partial charge on any atom is 0.134 e. The van der Waals surface area contributed by atoms with E-state index in [1.54, 1.807) is 18.4 Å². The molecule has 1 aliphatic carbocycles. The highest BCUT2D eigenvalue weighted by atomic mass is 32.1. The summed E-state index contributed by atoms with van der Waals surface area (Å²) >= 11 is 1.73. The average Bonchev–Trinajstić information content (AvgIpc) is 2.61. The number of thiophene rings is 1. The van der Waals surface area contributed by atoms with Gasteiger partial charge >= 0.3 is 0 Å². The molecule has 1 aromatic rings. The molecule has 2 rings (SSSR count). The van der Waals surface area contributed by atoms with Crippen molar-refractivity contribution in [1.82, 2.24) is 0 Å². The standard InChI is InChI=1S/C13H21NOS/c1-15-11-8-9-16-13(11)12(14)10-6-4-2-3-5-7-10/h8-10,12H,2-7,14H2,1H3. The van der Waals surface area contributed by atoms with Gasteiger partial charge in [0, 0.05) is 6.04 Å². The SMILES string of the molecule is COc1ccsc1C(N)C1CCCCCC1. The van der Waals surface area contributed by atoms with Crippen molar-refractivity contribution in [3.8, 4) is 5.75 Å². The van der Waals surface area contributed by atoms with Gasteiger partial charge in [-0.15, -0.1) is 11.3 Å². The Morgan fingerprint density at radius 2 is 2.00 bits per heavy atom. The summed E-state index contributed by atoms with van der Waals surface area (Å²) in [5, 5.41) is 2.07. The van der Waals surface area contributed by atoms with Gasteiger partial charge in [0.25, 0.3) is 0 Å². The number of nitrogens with two attached hydrogens (primary N) is 1. The van der Waals surface area contributed by atoms with Crippen molar-refractivity contribution < 1.29 is 4.74 Å². The van der Waals surface area contributed by atoms with E-state index in [1.807, 2.05) is 6.07 Å². The van der Waals surface area contributed by atoms with Gasteiger partial charge in [-0.3, -0.25) is 0 Å². The van der Waals surface area contributed by atoms with Crippen molar-refractivity contribution in [2.24, 2.45) is 11.7 Å². The van der Waals surface area contributed by atoms with E-state index in [2.05, 4.69) is 5.38 Å². The number of ether oxygens (including phenoxy) is 1. The van der Waals surface area contributed by atoms with Gasteiger partial charge in [-0.05, 0) is 30.2 Å². The van der Waals surface area contributed by atoms with Crippen LogP contribution in [-0.2, 0) is 0 Å². The Balaban J connectivity index is 2.07. The van der Waals surface area contributed by atoms with Crippen LogP contribution in [-0.4, -0.2) is 7.11 Å². The molecule has 1 aliphatic rings. The van der Waals surface area contributed by atoms with E-state index in [-0.39, 0.29) is 6.04 Å². The quantitative estimate of drug-likeness (QED) is 0.816. The summed E-state index contributed by atoms with van der Waals surface area (Å²) in [5.74, 6) is 1.62. The average molecular weight is 239 g/mol. The first-order valence-electron chi connectivity index (χ1n) is 6.20. The summed E-state index contributed by atoms with van der Waals surface area (Å²) in [6.45, 7) is 0. The van der Waals surface area contributed by atoms with Gasteiger partial charge in [0.05, 0.1) is 12.0 Å². The van der Waals surface area contributed by atoms with Gasteiger partial charge < -0.3 is 10.5 Å². The Kier molecular flexibility index (Phi) is 4.24. The third-order valence-electron chi connectivity index (χ3n) is 3.59. The van der Waals surface area contributed by atoms with Gasteiger partial charge in [0.2, 0.25) is 0 Å². The highest BCUT2D eigenvalue weighted by Crippen LogP contribution is 2.38. The lowest BCUT2D eigenvalue weighted by Gasteiger charge is -2.22. The first kappa shape index (κ1) is 11.9. The normalized spacial score (nSPS) is 20.4. The number of methoxy groups -OCH3 is 1. The van der Waals surface area contributed by atoms with Gasteiger partial charge in [-0.25, -0.2) is 0 Å². The minimum absolute atomic E-state index is 0.174. The molecule has 90 valence electrons. The van der Waals surface area contributed by atoms with Gasteiger partial charge in [0.15, 0.2) is 0 Å². The van der Waals surface area contributed by atoms with Gasteiger partial charge in [0.1, 0.15) is 5.75 Å². The molecule has 2 N–H and O–H groups in total. The van der Waals surface area contributed by atoms with Crippen molar-refractivity contribution in [2.75, 3.05) is 7.11 Å². The molecule has 0 saturated heterocycles. The van der Waals surface area contributed by atoms with Crippen molar-refractivity contribution in [2.45, 2.75) is 44.6 Å². The monoisotopic (exact) mass is 239 g/mol. The summed E-state index contributed by atoms with van der Waals surface area (Å²) in [4.78, 5) is 1.23. The Hall–Kier alpha value is -0.540. The van der Waals surface area contributed by atoms with Crippen LogP contribution in [0.2, 0.25) is 0 Å². The number of rotatable bonds is 3. The predicted molar refractivity (Wildman–Crippen MR) is 69.0 cm³/mol. The minimum Gasteiger partial charge on any atom is -0.496 e. The molecule has 16 heavy (non-hydrogen) atoms. The fourth-order valence-corrected chi connectivity index (χ4v) is 3.56. The van der Waals surface area contributed by atoms with Crippen LogP contribution in [0.5, 0.6) is 5.75 Å². The number of hydrogen-bond donors (Lipinski definition) is 1. The molecule has 1 fully saturated rings. The van der Waals surface area contributed by atoms with Crippen LogP contribution in [0.4, 0.5) is 0 Å². The summed E-state index contributed by atoms with van der Waals surface area (Å²) in [5.41, 5.74) is 6.39. The molecule has 1 atom stereocenters. The molecule has 0 aliphatic heterocycles. The van der Waals surface area contributed by atoms with Crippen LogP contribution < -0.4 is 10.5 Å². The van der Waals surface area contributed by atoms with E-state index < -0.39 is 0 Å². The Morgan fingerprint density at radius 1 is 1.31 bits per heavy atom. The van der Waals surface area contributed by atoms with Crippen molar-refractivity contribution in [3.05, 3.63) is 16.3 Å². The zero-order valence-corrected chi connectivity index (χ0v) is 10.8. The van der Waals surface area contributed by atoms with Crippen molar-refractivity contribution in [1.29, 1.82) is 0 Å². The molecular formula is C13H21NOS. The van der Waals surface area contributed by atoms with Crippen LogP contribution in [0.25, 0.3) is 0 Å². The molecule has 0 radical (unpaired) electrons. The van der Waals surface area contributed by atoms with Crippen LogP contribution >= 0.6 is 11.3 Å². The zero-order chi connectivity index (χ0) is 11.4. The molecule has 0 aromatic carbocycles. The molecule has 3 heteroatoms. The van der Waals surface area contributed by atoms with E-state index in [9.17, 15) is 0 Å². The number of hydrogen-bond acceptors (Lipinski definition) is 3. The van der Waals surface area contributed by atoms with Crippen LogP contribution in [0.15, 0.2) is 11.4 Å². The van der Waals surface area contributed by atoms with E-state index in [1.165, 1.54) is 43.4 Å². The molecule has 1 saturated carbocycles. The van der Waals surface area contributed by atoms with Gasteiger partial charge in [-0.1, -0.05) is 25.7 Å². The lowest BCUT2D eigenvalue weighted by atomic mass is 9.91. The van der Waals surface area contributed by atoms with Crippen molar-refractivity contribution in [3.63, 3.8) is 0 Å². The van der Waals surface area contributed by atoms with Crippen molar-refractivity contribution >= 4 is 11.3 Å². The topological polar surface area (TPSA) is 35.2 Å². The summed E-state index contributed by atoms with van der Waals surface area (Å²) in [6.07, 6.45) is 8.00. The Labute approximate surface area is 102 Å². The van der Waals surface area contributed by atoms with E-state index in [0.29, 0.717) is 5.92 Å². The molecule has 2 nitrogen and oxygen atoms in total. The molecule has 1 heterocycles. The van der Waals surface area contributed by atoms with Crippen LogP contribution in [0.1, 0.15) is 49.4 Å². The fraction of sp³-hybridized carbons (Fsp3) is 0.692. The zero-order valence-electron chi connectivity index (χ0n) is 9.95. The summed E-state index contributed by atoms with van der Waals surface area (Å²) in [7, 11) is 1.73. The first-order chi connectivity index (χ1) is 7.83. The third kappa shape index (κ3) is 2.58. The molecule has 1 aromatic heterocycles. The largest absolute Gasteiger partial charge is 0.496 e. The van der Waals surface area contributed by atoms with E-state index in [4.69, 9.17) is 10.5 Å². The van der Waals surface area contributed by atoms with Crippen LogP contribution in [0, 0.1) is 5.92 Å². The minimum atomic E-state index is 0.174. The summed E-state index contributed by atoms with van der Waals surface area (Å²) < 4.78 is 5.36. The molecular weight excluding hydrogens is 218 g/mol. The molecule has 0 amide bonds. The lowest BCUT2D eigenvalue weighted by molar-refractivity contribution is 0.364. The second-order valence-corrected chi connectivity index (χ2v) is 5.58. The molecule has 0 spiro atoms. The lowest BCUT2D eigenvalue weighted by Crippen LogP contribution is -2.20. The first-order valence-corrected chi connectivity index (χ1v) is 7.08.